The van der Waals surface area contributed by atoms with Crippen molar-refractivity contribution in [3.63, 3.8) is 0 Å². The Bertz CT molecular complexity index is 582. The molecule has 0 atom stereocenters. The second kappa shape index (κ2) is 4.69. The minimum absolute atomic E-state index is 0.516. The Morgan fingerprint density at radius 1 is 1.22 bits per heavy atom. The molecule has 18 heavy (non-hydrogen) atoms. The van der Waals surface area contributed by atoms with Crippen LogP contribution >= 0.6 is 15.9 Å². The summed E-state index contributed by atoms with van der Waals surface area (Å²) in [5.74, 6) is 2.81. The van der Waals surface area contributed by atoms with Gasteiger partial charge in [-0.1, -0.05) is 12.1 Å². The van der Waals surface area contributed by atoms with Crippen LogP contribution in [0.4, 0.5) is 0 Å². The van der Waals surface area contributed by atoms with Gasteiger partial charge in [-0.05, 0) is 53.4 Å². The van der Waals surface area contributed by atoms with E-state index in [1.807, 2.05) is 31.2 Å². The number of halogens is 1. The van der Waals surface area contributed by atoms with E-state index in [-0.39, 0.29) is 0 Å². The molecule has 0 bridgehead atoms. The maximum atomic E-state index is 5.78. The van der Waals surface area contributed by atoms with E-state index in [0.717, 1.165) is 16.2 Å². The van der Waals surface area contributed by atoms with Crippen molar-refractivity contribution in [3.8, 4) is 11.6 Å². The van der Waals surface area contributed by atoms with E-state index in [0.29, 0.717) is 11.8 Å². The lowest BCUT2D eigenvalue weighted by atomic mass is 10.2. The predicted octanol–water partition coefficient (Wildman–Crippen LogP) is 4.22. The fourth-order valence-electron chi connectivity index (χ4n) is 1.79. The number of hydrogen-bond donors (Lipinski definition) is 0. The molecule has 1 aromatic carbocycles. The number of aromatic nitrogens is 2. The molecule has 4 heteroatoms. The number of ether oxygens (including phenoxy) is 1. The molecular weight excluding hydrogens is 292 g/mol. The van der Waals surface area contributed by atoms with Crippen LogP contribution in [0.2, 0.25) is 0 Å². The second-order valence-electron chi connectivity index (χ2n) is 4.58. The van der Waals surface area contributed by atoms with Gasteiger partial charge in [0, 0.05) is 12.0 Å². The molecule has 0 unspecified atom stereocenters. The predicted molar refractivity (Wildman–Crippen MR) is 73.0 cm³/mol. The van der Waals surface area contributed by atoms with Crippen LogP contribution in [0.5, 0.6) is 11.6 Å². The Kier molecular flexibility index (Phi) is 3.04. The lowest BCUT2D eigenvalue weighted by Gasteiger charge is -2.07. The summed E-state index contributed by atoms with van der Waals surface area (Å²) in [7, 11) is 0. The third kappa shape index (κ3) is 2.70. The van der Waals surface area contributed by atoms with Crippen molar-refractivity contribution >= 4 is 15.9 Å². The molecule has 0 spiro atoms. The molecule has 1 saturated carbocycles. The maximum Gasteiger partial charge on any atom is 0.223 e. The number of aryl methyl sites for hydroxylation is 1. The van der Waals surface area contributed by atoms with Crippen molar-refractivity contribution in [2.24, 2.45) is 0 Å². The summed E-state index contributed by atoms with van der Waals surface area (Å²) in [4.78, 5) is 8.84. The van der Waals surface area contributed by atoms with E-state index in [2.05, 4.69) is 25.9 Å². The van der Waals surface area contributed by atoms with Gasteiger partial charge in [-0.2, -0.15) is 4.98 Å². The third-order valence-electron chi connectivity index (χ3n) is 2.84. The van der Waals surface area contributed by atoms with Gasteiger partial charge >= 0.3 is 0 Å². The van der Waals surface area contributed by atoms with E-state index in [1.165, 1.54) is 18.4 Å². The van der Waals surface area contributed by atoms with Crippen LogP contribution in [0.25, 0.3) is 0 Å². The van der Waals surface area contributed by atoms with Gasteiger partial charge < -0.3 is 4.74 Å². The lowest BCUT2D eigenvalue weighted by molar-refractivity contribution is 0.457. The Morgan fingerprint density at radius 3 is 2.78 bits per heavy atom. The normalized spacial score (nSPS) is 14.6. The Labute approximate surface area is 114 Å². The van der Waals surface area contributed by atoms with Crippen LogP contribution in [0.3, 0.4) is 0 Å². The molecule has 1 aliphatic rings. The molecule has 3 rings (SSSR count). The molecule has 3 nitrogen and oxygen atoms in total. The van der Waals surface area contributed by atoms with Crippen molar-refractivity contribution < 1.29 is 4.74 Å². The Morgan fingerprint density at radius 2 is 2.06 bits per heavy atom. The van der Waals surface area contributed by atoms with Crippen molar-refractivity contribution in [2.45, 2.75) is 25.7 Å². The third-order valence-corrected chi connectivity index (χ3v) is 3.25. The fraction of sp³-hybridized carbons (Fsp3) is 0.286. The van der Waals surface area contributed by atoms with Gasteiger partial charge in [0.1, 0.15) is 16.2 Å². The molecule has 2 aromatic rings. The minimum atomic E-state index is 0.516. The Balaban J connectivity index is 1.87. The average molecular weight is 305 g/mol. The quantitative estimate of drug-likeness (QED) is 0.796. The van der Waals surface area contributed by atoms with Gasteiger partial charge in [-0.25, -0.2) is 4.98 Å². The summed E-state index contributed by atoms with van der Waals surface area (Å²) in [6.07, 6.45) is 2.36. The highest BCUT2D eigenvalue weighted by Gasteiger charge is 2.27. The molecule has 1 aromatic heterocycles. The minimum Gasteiger partial charge on any atom is -0.439 e. The smallest absolute Gasteiger partial charge is 0.223 e. The monoisotopic (exact) mass is 304 g/mol. The number of rotatable bonds is 3. The summed E-state index contributed by atoms with van der Waals surface area (Å²) >= 11 is 3.41. The van der Waals surface area contributed by atoms with E-state index < -0.39 is 0 Å². The van der Waals surface area contributed by atoms with E-state index in [4.69, 9.17) is 4.74 Å². The molecule has 0 aliphatic heterocycles. The van der Waals surface area contributed by atoms with E-state index >= 15 is 0 Å². The van der Waals surface area contributed by atoms with Gasteiger partial charge in [0.25, 0.3) is 0 Å². The standard InChI is InChI=1S/C14H13BrN2O/c1-9-3-2-4-11(7-9)18-13-8-12(15)16-14(17-13)10-5-6-10/h2-4,7-8,10H,5-6H2,1H3. The van der Waals surface area contributed by atoms with Crippen molar-refractivity contribution in [1.82, 2.24) is 9.97 Å². The first-order valence-electron chi connectivity index (χ1n) is 6.00. The SMILES string of the molecule is Cc1cccc(Oc2cc(Br)nc(C3CC3)n2)c1. The van der Waals surface area contributed by atoms with Crippen LogP contribution in [0, 0.1) is 6.92 Å². The topological polar surface area (TPSA) is 35.0 Å². The first-order valence-corrected chi connectivity index (χ1v) is 6.79. The lowest BCUT2D eigenvalue weighted by Crippen LogP contribution is -1.96. The van der Waals surface area contributed by atoms with Gasteiger partial charge in [0.15, 0.2) is 0 Å². The summed E-state index contributed by atoms with van der Waals surface area (Å²) in [6.45, 7) is 2.04. The van der Waals surface area contributed by atoms with Gasteiger partial charge in [0.05, 0.1) is 0 Å². The highest BCUT2D eigenvalue weighted by Crippen LogP contribution is 2.39. The Hall–Kier alpha value is -1.42. The molecule has 92 valence electrons. The van der Waals surface area contributed by atoms with Crippen molar-refractivity contribution in [1.29, 1.82) is 0 Å². The zero-order valence-corrected chi connectivity index (χ0v) is 11.6. The van der Waals surface area contributed by atoms with Gasteiger partial charge in [-0.15, -0.1) is 0 Å². The number of nitrogens with zero attached hydrogens (tertiary/aromatic N) is 2. The number of benzene rings is 1. The van der Waals surface area contributed by atoms with Crippen LogP contribution in [-0.2, 0) is 0 Å². The van der Waals surface area contributed by atoms with Crippen LogP contribution in [0.1, 0.15) is 30.1 Å². The molecular formula is C14H13BrN2O. The molecule has 1 aliphatic carbocycles. The van der Waals surface area contributed by atoms with Crippen LogP contribution in [-0.4, -0.2) is 9.97 Å². The first kappa shape index (κ1) is 11.7. The molecule has 0 amide bonds. The summed E-state index contributed by atoms with van der Waals surface area (Å²) in [6, 6.07) is 9.74. The zero-order valence-electron chi connectivity index (χ0n) is 10.1. The largest absolute Gasteiger partial charge is 0.439 e. The average Bonchev–Trinajstić information content (AvgIpc) is 3.11. The van der Waals surface area contributed by atoms with Crippen LogP contribution < -0.4 is 4.74 Å². The molecule has 0 saturated heterocycles. The molecule has 0 radical (unpaired) electrons. The van der Waals surface area contributed by atoms with Crippen molar-refractivity contribution in [2.75, 3.05) is 0 Å². The first-order chi connectivity index (χ1) is 8.70. The number of hydrogen-bond acceptors (Lipinski definition) is 3. The molecule has 1 fully saturated rings. The summed E-state index contributed by atoms with van der Waals surface area (Å²) < 4.78 is 6.56. The van der Waals surface area contributed by atoms with Gasteiger partial charge in [0.2, 0.25) is 5.88 Å². The maximum absolute atomic E-state index is 5.78. The summed E-state index contributed by atoms with van der Waals surface area (Å²) in [5, 5.41) is 0. The molecule has 1 heterocycles. The fourth-order valence-corrected chi connectivity index (χ4v) is 2.17. The van der Waals surface area contributed by atoms with Crippen molar-refractivity contribution in [3.05, 3.63) is 46.3 Å². The zero-order chi connectivity index (χ0) is 12.5. The van der Waals surface area contributed by atoms with E-state index in [9.17, 15) is 0 Å². The summed E-state index contributed by atoms with van der Waals surface area (Å²) in [5.41, 5.74) is 1.17. The highest BCUT2D eigenvalue weighted by atomic mass is 79.9. The van der Waals surface area contributed by atoms with Crippen LogP contribution in [0.15, 0.2) is 34.9 Å². The molecule has 0 N–H and O–H groups in total. The van der Waals surface area contributed by atoms with E-state index in [1.54, 1.807) is 6.07 Å². The second-order valence-corrected chi connectivity index (χ2v) is 5.39. The van der Waals surface area contributed by atoms with Gasteiger partial charge in [-0.3, -0.25) is 0 Å². The highest BCUT2D eigenvalue weighted by molar-refractivity contribution is 9.10.